The predicted octanol–water partition coefficient (Wildman–Crippen LogP) is 2.45. The molecule has 16 heavy (non-hydrogen) atoms. The fourth-order valence-corrected chi connectivity index (χ4v) is 1.98. The molecule has 0 aromatic heterocycles. The summed E-state index contributed by atoms with van der Waals surface area (Å²) in [6, 6.07) is 7.40. The molecule has 1 aromatic rings. The summed E-state index contributed by atoms with van der Waals surface area (Å²) in [4.78, 5) is 11.9. The second-order valence-corrected chi connectivity index (χ2v) is 4.39. The first kappa shape index (κ1) is 11.1. The fraction of sp³-hybridized carbons (Fsp3) is 0.462. The molecule has 1 unspecified atom stereocenters. The van der Waals surface area contributed by atoms with E-state index in [9.17, 15) is 4.79 Å². The summed E-state index contributed by atoms with van der Waals surface area (Å²) in [7, 11) is 1.65. The molecule has 0 fully saturated rings. The molecule has 0 saturated heterocycles. The Morgan fingerprint density at radius 1 is 1.44 bits per heavy atom. The molecule has 3 heteroatoms. The van der Waals surface area contributed by atoms with Crippen LogP contribution in [0.2, 0.25) is 0 Å². The number of hydrogen-bond donors (Lipinski definition) is 0. The van der Waals surface area contributed by atoms with Crippen LogP contribution in [0, 0.1) is 0 Å². The molecule has 86 valence electrons. The average molecular weight is 220 g/mol. The van der Waals surface area contributed by atoms with Gasteiger partial charge in [-0.05, 0) is 19.1 Å². The smallest absolute Gasteiger partial charge is 0.170 e. The first-order chi connectivity index (χ1) is 7.64. The van der Waals surface area contributed by atoms with Crippen LogP contribution in [-0.2, 0) is 4.74 Å². The van der Waals surface area contributed by atoms with Crippen molar-refractivity contribution in [1.29, 1.82) is 0 Å². The number of benzene rings is 1. The molecule has 1 aliphatic rings. The highest BCUT2D eigenvalue weighted by Gasteiger charge is 2.35. The highest BCUT2D eigenvalue weighted by Crippen LogP contribution is 2.34. The number of fused-ring (bicyclic) bond motifs is 1. The van der Waals surface area contributed by atoms with E-state index in [1.807, 2.05) is 31.2 Å². The summed E-state index contributed by atoms with van der Waals surface area (Å²) in [5.41, 5.74) is 0.263. The molecule has 1 atom stereocenters. The summed E-state index contributed by atoms with van der Waals surface area (Å²) >= 11 is 0. The highest BCUT2D eigenvalue weighted by atomic mass is 16.5. The molecule has 1 heterocycles. The molecule has 0 spiro atoms. The van der Waals surface area contributed by atoms with Gasteiger partial charge in [0.25, 0.3) is 0 Å². The van der Waals surface area contributed by atoms with Crippen LogP contribution in [0.1, 0.15) is 30.1 Å². The molecular formula is C13H16O3. The average Bonchev–Trinajstić information content (AvgIpc) is 2.26. The van der Waals surface area contributed by atoms with Crippen LogP contribution in [0.5, 0.6) is 5.75 Å². The number of methoxy groups -OCH3 is 1. The van der Waals surface area contributed by atoms with Gasteiger partial charge >= 0.3 is 0 Å². The van der Waals surface area contributed by atoms with Gasteiger partial charge in [0.05, 0.1) is 12.0 Å². The first-order valence-electron chi connectivity index (χ1n) is 5.45. The summed E-state index contributed by atoms with van der Waals surface area (Å²) in [5.74, 6) is 0.845. The third kappa shape index (κ3) is 2.09. The van der Waals surface area contributed by atoms with Crippen molar-refractivity contribution in [2.24, 2.45) is 0 Å². The quantitative estimate of drug-likeness (QED) is 0.784. The minimum absolute atomic E-state index is 0.153. The Kier molecular flexibility index (Phi) is 2.97. The van der Waals surface area contributed by atoms with Crippen molar-refractivity contribution in [3.05, 3.63) is 29.8 Å². The van der Waals surface area contributed by atoms with Crippen LogP contribution in [0.25, 0.3) is 0 Å². The van der Waals surface area contributed by atoms with Gasteiger partial charge in [0.2, 0.25) is 0 Å². The van der Waals surface area contributed by atoms with Crippen molar-refractivity contribution in [1.82, 2.24) is 0 Å². The van der Waals surface area contributed by atoms with Crippen molar-refractivity contribution in [2.45, 2.75) is 25.4 Å². The molecule has 1 aliphatic heterocycles. The van der Waals surface area contributed by atoms with Crippen LogP contribution < -0.4 is 4.74 Å². The Morgan fingerprint density at radius 2 is 2.19 bits per heavy atom. The second kappa shape index (κ2) is 4.26. The third-order valence-electron chi connectivity index (χ3n) is 2.91. The molecule has 0 amide bonds. The molecular weight excluding hydrogens is 204 g/mol. The highest BCUT2D eigenvalue weighted by molar-refractivity contribution is 6.00. The van der Waals surface area contributed by atoms with E-state index in [0.29, 0.717) is 24.3 Å². The van der Waals surface area contributed by atoms with Crippen LogP contribution in [0.4, 0.5) is 0 Å². The second-order valence-electron chi connectivity index (χ2n) is 4.39. The van der Waals surface area contributed by atoms with Crippen molar-refractivity contribution in [2.75, 3.05) is 13.7 Å². The number of ether oxygens (including phenoxy) is 2. The maximum atomic E-state index is 11.9. The van der Waals surface area contributed by atoms with Crippen molar-refractivity contribution < 1.29 is 14.3 Å². The minimum Gasteiger partial charge on any atom is -0.486 e. The molecule has 3 nitrogen and oxygen atoms in total. The molecule has 0 saturated carbocycles. The Labute approximate surface area is 95.4 Å². The van der Waals surface area contributed by atoms with Crippen LogP contribution in [-0.4, -0.2) is 25.1 Å². The Morgan fingerprint density at radius 3 is 2.94 bits per heavy atom. The zero-order valence-electron chi connectivity index (χ0n) is 9.66. The van der Waals surface area contributed by atoms with Crippen LogP contribution >= 0.6 is 0 Å². The lowest BCUT2D eigenvalue weighted by molar-refractivity contribution is 0.0291. The maximum absolute atomic E-state index is 11.9. The predicted molar refractivity (Wildman–Crippen MR) is 60.9 cm³/mol. The van der Waals surface area contributed by atoms with E-state index in [1.54, 1.807) is 7.11 Å². The number of carbonyl (C=O) groups is 1. The molecule has 2 rings (SSSR count). The van der Waals surface area contributed by atoms with E-state index in [0.717, 1.165) is 6.42 Å². The standard InChI is InChI=1S/C13H16O3/c1-13(7-8-15-2)9-11(14)10-5-3-4-6-12(10)16-13/h3-6H,7-9H2,1-2H3. The number of Topliss-reactive ketones (excluding diaryl/α,β-unsaturated/α-hetero) is 1. The summed E-state index contributed by atoms with van der Waals surface area (Å²) in [6.45, 7) is 2.56. The Balaban J connectivity index is 2.23. The van der Waals surface area contributed by atoms with E-state index in [4.69, 9.17) is 9.47 Å². The molecule has 0 radical (unpaired) electrons. The SMILES string of the molecule is COCCC1(C)CC(=O)c2ccccc2O1. The van der Waals surface area contributed by atoms with Crippen molar-refractivity contribution in [3.8, 4) is 5.75 Å². The van der Waals surface area contributed by atoms with Gasteiger partial charge in [0.15, 0.2) is 5.78 Å². The third-order valence-corrected chi connectivity index (χ3v) is 2.91. The van der Waals surface area contributed by atoms with Gasteiger partial charge in [-0.15, -0.1) is 0 Å². The molecule has 0 aliphatic carbocycles. The van der Waals surface area contributed by atoms with Crippen LogP contribution in [0.3, 0.4) is 0 Å². The number of carbonyl (C=O) groups excluding carboxylic acids is 1. The zero-order chi connectivity index (χ0) is 11.6. The van der Waals surface area contributed by atoms with E-state index in [2.05, 4.69) is 0 Å². The van der Waals surface area contributed by atoms with Crippen molar-refractivity contribution >= 4 is 5.78 Å². The number of ketones is 1. The van der Waals surface area contributed by atoms with E-state index < -0.39 is 5.60 Å². The summed E-state index contributed by atoms with van der Waals surface area (Å²) in [5, 5.41) is 0. The molecule has 0 bridgehead atoms. The Bertz CT molecular complexity index is 400. The van der Waals surface area contributed by atoms with Gasteiger partial charge in [-0.1, -0.05) is 12.1 Å². The van der Waals surface area contributed by atoms with Gasteiger partial charge in [-0.3, -0.25) is 4.79 Å². The van der Waals surface area contributed by atoms with Crippen molar-refractivity contribution in [3.63, 3.8) is 0 Å². The lowest BCUT2D eigenvalue weighted by Gasteiger charge is -2.34. The minimum atomic E-state index is -0.429. The zero-order valence-corrected chi connectivity index (χ0v) is 9.66. The van der Waals surface area contributed by atoms with Gasteiger partial charge in [0.1, 0.15) is 11.4 Å². The van der Waals surface area contributed by atoms with E-state index in [1.165, 1.54) is 0 Å². The topological polar surface area (TPSA) is 35.5 Å². The monoisotopic (exact) mass is 220 g/mol. The summed E-state index contributed by atoms with van der Waals surface area (Å²) < 4.78 is 10.9. The normalized spacial score (nSPS) is 23.8. The fourth-order valence-electron chi connectivity index (χ4n) is 1.98. The lowest BCUT2D eigenvalue weighted by atomic mass is 9.89. The molecule has 1 aromatic carbocycles. The van der Waals surface area contributed by atoms with Gasteiger partial charge in [-0.2, -0.15) is 0 Å². The number of hydrogen-bond acceptors (Lipinski definition) is 3. The number of rotatable bonds is 3. The van der Waals surface area contributed by atoms with Gasteiger partial charge < -0.3 is 9.47 Å². The van der Waals surface area contributed by atoms with Crippen LogP contribution in [0.15, 0.2) is 24.3 Å². The summed E-state index contributed by atoms with van der Waals surface area (Å²) in [6.07, 6.45) is 1.15. The van der Waals surface area contributed by atoms with E-state index >= 15 is 0 Å². The van der Waals surface area contributed by atoms with E-state index in [-0.39, 0.29) is 5.78 Å². The Hall–Kier alpha value is -1.35. The first-order valence-corrected chi connectivity index (χ1v) is 5.45. The van der Waals surface area contributed by atoms with Gasteiger partial charge in [0, 0.05) is 20.1 Å². The van der Waals surface area contributed by atoms with Gasteiger partial charge in [-0.25, -0.2) is 0 Å². The maximum Gasteiger partial charge on any atom is 0.170 e. The largest absolute Gasteiger partial charge is 0.486 e. The lowest BCUT2D eigenvalue weighted by Crippen LogP contribution is -2.40. The molecule has 0 N–H and O–H groups in total. The number of para-hydroxylation sites is 1.